The number of phosphoric ester groups is 1. The van der Waals surface area contributed by atoms with Gasteiger partial charge in [-0.25, -0.2) is 4.57 Å². The van der Waals surface area contributed by atoms with Gasteiger partial charge in [0.2, 0.25) is 5.91 Å². The van der Waals surface area contributed by atoms with Crippen molar-refractivity contribution in [2.75, 3.05) is 26.4 Å². The molecule has 0 aromatic carbocycles. The van der Waals surface area contributed by atoms with Gasteiger partial charge in [-0.1, -0.05) is 231 Å². The van der Waals surface area contributed by atoms with Crippen LogP contribution in [0.15, 0.2) is 24.3 Å². The van der Waals surface area contributed by atoms with Crippen molar-refractivity contribution in [1.82, 2.24) is 5.32 Å². The molecule has 0 bridgehead atoms. The van der Waals surface area contributed by atoms with Gasteiger partial charge in [-0.05, 0) is 70.6 Å². The van der Waals surface area contributed by atoms with Crippen molar-refractivity contribution in [2.24, 2.45) is 0 Å². The van der Waals surface area contributed by atoms with E-state index in [1.807, 2.05) is 0 Å². The lowest BCUT2D eigenvalue weighted by Crippen LogP contribution is -2.30. The van der Waals surface area contributed by atoms with Crippen LogP contribution in [0.25, 0.3) is 0 Å². The van der Waals surface area contributed by atoms with Gasteiger partial charge in [0.15, 0.2) is 6.10 Å². The van der Waals surface area contributed by atoms with Crippen molar-refractivity contribution in [3.8, 4) is 0 Å². The lowest BCUT2D eigenvalue weighted by atomic mass is 10.0. The number of rotatable bonds is 55. The molecule has 0 aromatic heterocycles. The van der Waals surface area contributed by atoms with Crippen LogP contribution in [-0.4, -0.2) is 55.2 Å². The van der Waals surface area contributed by atoms with Crippen LogP contribution in [0, 0.1) is 0 Å². The Labute approximate surface area is 425 Å². The molecule has 0 aliphatic rings. The Morgan fingerprint density at radius 2 is 0.768 bits per heavy atom. The maximum atomic E-state index is 12.8. The Kier molecular flexibility index (Phi) is 52.2. The van der Waals surface area contributed by atoms with Gasteiger partial charge in [-0.3, -0.25) is 23.4 Å². The second-order valence-electron chi connectivity index (χ2n) is 19.8. The molecule has 0 aliphatic carbocycles. The molecule has 1 unspecified atom stereocenters. The van der Waals surface area contributed by atoms with Gasteiger partial charge in [0.05, 0.1) is 13.2 Å². The van der Waals surface area contributed by atoms with Crippen molar-refractivity contribution >= 4 is 25.7 Å². The summed E-state index contributed by atoms with van der Waals surface area (Å²) in [5, 5.41) is 2.74. The lowest BCUT2D eigenvalue weighted by molar-refractivity contribution is -0.161. The Balaban J connectivity index is 4.52. The van der Waals surface area contributed by atoms with E-state index >= 15 is 0 Å². The van der Waals surface area contributed by atoms with Crippen LogP contribution in [0.4, 0.5) is 0 Å². The van der Waals surface area contributed by atoms with E-state index in [0.29, 0.717) is 19.3 Å². The molecule has 0 saturated carbocycles. The van der Waals surface area contributed by atoms with E-state index in [-0.39, 0.29) is 38.5 Å². The zero-order valence-electron chi connectivity index (χ0n) is 45.3. The van der Waals surface area contributed by atoms with E-state index < -0.39 is 32.5 Å². The standard InChI is InChI=1S/C58H110NO9P/c1-4-7-10-13-16-19-22-25-28-31-34-37-40-43-46-49-57(61)65-53-55(68-58(62)50-47-44-41-38-35-32-29-26-23-20-17-14-11-8-5-2)54-67-69(63,64)66-52-51-59-56(60)48-45-42-39-36-33-30-27-24-21-18-15-12-9-6-3/h25-26,28-29,55H,4-24,27,30-54H2,1-3H3,(H,59,60)(H,63,64)/b28-25-,29-26-/t55-/m1/s1. The number of hydrogen-bond donors (Lipinski definition) is 2. The van der Waals surface area contributed by atoms with E-state index in [0.717, 1.165) is 83.5 Å². The molecule has 0 fully saturated rings. The number of nitrogens with one attached hydrogen (secondary N) is 1. The van der Waals surface area contributed by atoms with Gasteiger partial charge >= 0.3 is 19.8 Å². The highest BCUT2D eigenvalue weighted by Crippen LogP contribution is 2.43. The third-order valence-corrected chi connectivity index (χ3v) is 13.9. The summed E-state index contributed by atoms with van der Waals surface area (Å²) in [4.78, 5) is 48.2. The minimum absolute atomic E-state index is 0.0632. The zero-order valence-corrected chi connectivity index (χ0v) is 46.2. The molecule has 1 amide bonds. The number of phosphoric acid groups is 1. The number of unbranched alkanes of at least 4 members (excludes halogenated alkanes) is 35. The van der Waals surface area contributed by atoms with Crippen molar-refractivity contribution in [3.05, 3.63) is 24.3 Å². The summed E-state index contributed by atoms with van der Waals surface area (Å²) in [6.07, 6.45) is 56.8. The Morgan fingerprint density at radius 1 is 0.435 bits per heavy atom. The van der Waals surface area contributed by atoms with Crippen molar-refractivity contribution in [2.45, 2.75) is 303 Å². The second-order valence-corrected chi connectivity index (χ2v) is 21.2. The largest absolute Gasteiger partial charge is 0.472 e. The number of carbonyl (C=O) groups excluding carboxylic acids is 3. The number of carbonyl (C=O) groups is 3. The van der Waals surface area contributed by atoms with Crippen LogP contribution in [0.2, 0.25) is 0 Å². The summed E-state index contributed by atoms with van der Waals surface area (Å²) in [5.74, 6) is -0.989. The summed E-state index contributed by atoms with van der Waals surface area (Å²) in [6, 6.07) is 0. The smallest absolute Gasteiger partial charge is 0.462 e. The van der Waals surface area contributed by atoms with Gasteiger partial charge in [-0.2, -0.15) is 0 Å². The van der Waals surface area contributed by atoms with Crippen LogP contribution in [0.5, 0.6) is 0 Å². The fourth-order valence-corrected chi connectivity index (χ4v) is 9.18. The highest BCUT2D eigenvalue weighted by Gasteiger charge is 2.26. The van der Waals surface area contributed by atoms with Crippen LogP contribution in [-0.2, 0) is 37.5 Å². The quantitative estimate of drug-likeness (QED) is 0.0264. The minimum atomic E-state index is -4.54. The molecule has 0 heterocycles. The summed E-state index contributed by atoms with van der Waals surface area (Å²) >= 11 is 0. The molecule has 0 rings (SSSR count). The normalized spacial score (nSPS) is 13.0. The molecule has 10 nitrogen and oxygen atoms in total. The van der Waals surface area contributed by atoms with Crippen LogP contribution in [0.1, 0.15) is 297 Å². The predicted octanol–water partition coefficient (Wildman–Crippen LogP) is 17.6. The molecular formula is C58H110NO9P. The topological polar surface area (TPSA) is 137 Å². The predicted molar refractivity (Wildman–Crippen MR) is 289 cm³/mol. The third kappa shape index (κ3) is 53.6. The summed E-state index contributed by atoms with van der Waals surface area (Å²) in [7, 11) is -4.54. The van der Waals surface area contributed by atoms with Gasteiger partial charge in [0, 0.05) is 25.8 Å². The first kappa shape index (κ1) is 67.0. The molecule has 69 heavy (non-hydrogen) atoms. The van der Waals surface area contributed by atoms with Gasteiger partial charge in [0.1, 0.15) is 6.61 Å². The van der Waals surface area contributed by atoms with Crippen molar-refractivity contribution in [1.29, 1.82) is 0 Å². The Morgan fingerprint density at radius 3 is 1.16 bits per heavy atom. The third-order valence-electron chi connectivity index (χ3n) is 12.9. The average molecular weight is 996 g/mol. The molecule has 0 radical (unpaired) electrons. The van der Waals surface area contributed by atoms with Crippen molar-refractivity contribution < 1.29 is 42.4 Å². The summed E-state index contributed by atoms with van der Waals surface area (Å²) in [5.41, 5.74) is 0. The molecule has 11 heteroatoms. The molecule has 0 saturated heterocycles. The molecule has 2 atom stereocenters. The monoisotopic (exact) mass is 996 g/mol. The maximum absolute atomic E-state index is 12.8. The van der Waals surface area contributed by atoms with Gasteiger partial charge in [-0.15, -0.1) is 0 Å². The van der Waals surface area contributed by atoms with E-state index in [2.05, 4.69) is 50.4 Å². The first-order valence-corrected chi connectivity index (χ1v) is 30.8. The van der Waals surface area contributed by atoms with E-state index in [9.17, 15) is 23.8 Å². The van der Waals surface area contributed by atoms with Crippen molar-refractivity contribution in [3.63, 3.8) is 0 Å². The lowest BCUT2D eigenvalue weighted by Gasteiger charge is -2.20. The first-order valence-electron chi connectivity index (χ1n) is 29.3. The summed E-state index contributed by atoms with van der Waals surface area (Å²) in [6.45, 7) is 5.84. The minimum Gasteiger partial charge on any atom is -0.462 e. The van der Waals surface area contributed by atoms with E-state index in [1.54, 1.807) is 0 Å². The fraction of sp³-hybridized carbons (Fsp3) is 0.879. The number of ether oxygens (including phenoxy) is 2. The SMILES string of the molecule is CCCCCCCC/C=C\CCCCCCCC(=O)OC[C@H](COP(=O)(O)OCCNC(=O)CCCCCCCCCCCCCCCC)OC(=O)CCCCCCC/C=C\CCCCCCCC. The first-order chi connectivity index (χ1) is 33.7. The number of allylic oxidation sites excluding steroid dienone is 4. The van der Waals surface area contributed by atoms with Crippen LogP contribution in [0.3, 0.4) is 0 Å². The number of hydrogen-bond acceptors (Lipinski definition) is 8. The van der Waals surface area contributed by atoms with E-state index in [4.69, 9.17) is 18.5 Å². The second kappa shape index (κ2) is 53.8. The molecule has 0 aromatic rings. The van der Waals surface area contributed by atoms with Gasteiger partial charge < -0.3 is 19.7 Å². The molecule has 2 N–H and O–H groups in total. The number of esters is 2. The Hall–Kier alpha value is -2.00. The molecule has 0 aliphatic heterocycles. The maximum Gasteiger partial charge on any atom is 0.472 e. The fourth-order valence-electron chi connectivity index (χ4n) is 8.43. The molecular weight excluding hydrogens is 886 g/mol. The average Bonchev–Trinajstić information content (AvgIpc) is 3.33. The summed E-state index contributed by atoms with van der Waals surface area (Å²) < 4.78 is 34.1. The zero-order chi connectivity index (χ0) is 50.4. The Bertz CT molecular complexity index is 1240. The highest BCUT2D eigenvalue weighted by molar-refractivity contribution is 7.47. The highest BCUT2D eigenvalue weighted by atomic mass is 31.2. The van der Waals surface area contributed by atoms with E-state index in [1.165, 1.54) is 161 Å². The molecule has 406 valence electrons. The van der Waals surface area contributed by atoms with Crippen LogP contribution >= 0.6 is 7.82 Å². The van der Waals surface area contributed by atoms with Gasteiger partial charge in [0.25, 0.3) is 0 Å². The van der Waals surface area contributed by atoms with Crippen LogP contribution < -0.4 is 5.32 Å². The number of amides is 1. The molecule has 0 spiro atoms.